The van der Waals surface area contributed by atoms with E-state index in [1.54, 1.807) is 24.3 Å². The third kappa shape index (κ3) is 8.50. The van der Waals surface area contributed by atoms with E-state index in [1.807, 2.05) is 0 Å². The molecule has 0 aliphatic carbocycles. The maximum Gasteiger partial charge on any atom is 0.327 e. The smallest absolute Gasteiger partial charge is 0.327 e. The van der Waals surface area contributed by atoms with Gasteiger partial charge < -0.3 is 30.8 Å². The highest BCUT2D eigenvalue weighted by atomic mass is 35.5. The number of amides is 1. The summed E-state index contributed by atoms with van der Waals surface area (Å²) in [6, 6.07) is 6.86. The Kier molecular flexibility index (Phi) is 11.8. The van der Waals surface area contributed by atoms with Crippen LogP contribution in [0.2, 0.25) is 10.0 Å². The molecule has 0 saturated heterocycles. The molecule has 2 atom stereocenters. The molecule has 1 amide bonds. The molecular weight excluding hydrogens is 551 g/mol. The van der Waals surface area contributed by atoms with Crippen molar-refractivity contribution in [2.45, 2.75) is 31.5 Å². The maximum atomic E-state index is 13.1. The molecule has 214 valence electrons. The van der Waals surface area contributed by atoms with Gasteiger partial charge in [-0.15, -0.1) is 0 Å². The summed E-state index contributed by atoms with van der Waals surface area (Å²) < 4.78 is 0. The number of hydrogen-bond acceptors (Lipinski definition) is 9. The lowest BCUT2D eigenvalue weighted by molar-refractivity contribution is -0.139. The number of carbonyl (C=O) groups excluding carboxylic acids is 1. The summed E-state index contributed by atoms with van der Waals surface area (Å²) in [6.45, 7) is 1.46. The molecule has 1 heterocycles. The lowest BCUT2D eigenvalue weighted by Gasteiger charge is -2.31. The first-order chi connectivity index (χ1) is 18.6. The second-order valence-corrected chi connectivity index (χ2v) is 10.1. The van der Waals surface area contributed by atoms with Crippen molar-refractivity contribution in [3.8, 4) is 5.75 Å². The Morgan fingerprint density at radius 2 is 1.85 bits per heavy atom. The normalized spacial score (nSPS) is 15.1. The lowest BCUT2D eigenvalue weighted by atomic mass is 9.96. The molecule has 0 bridgehead atoms. The number of hydrazine groups is 1. The quantitative estimate of drug-likeness (QED) is 0.160. The van der Waals surface area contributed by atoms with Gasteiger partial charge >= 0.3 is 5.97 Å². The molecule has 1 aliphatic rings. The van der Waals surface area contributed by atoms with Crippen molar-refractivity contribution in [1.82, 2.24) is 20.7 Å². The predicted molar refractivity (Wildman–Crippen MR) is 146 cm³/mol. The number of rotatable bonds is 14. The average Bonchev–Trinajstić information content (AvgIpc) is 2.89. The molecule has 0 aromatic heterocycles. The third-order valence-electron chi connectivity index (χ3n) is 6.55. The number of nitrogens with one attached hydrogen (secondary N) is 2. The Hall–Kier alpha value is -2.48. The molecule has 1 unspecified atom stereocenters. The number of nitrogens with zero attached hydrogens (tertiary/aromatic N) is 2. The van der Waals surface area contributed by atoms with E-state index >= 15 is 0 Å². The first kappa shape index (κ1) is 31.1. The van der Waals surface area contributed by atoms with Gasteiger partial charge in [0.15, 0.2) is 0 Å². The molecule has 3 rings (SSSR count). The molecule has 39 heavy (non-hydrogen) atoms. The molecule has 0 spiro atoms. The second kappa shape index (κ2) is 14.8. The van der Waals surface area contributed by atoms with E-state index in [0.717, 1.165) is 11.1 Å². The van der Waals surface area contributed by atoms with E-state index in [2.05, 4.69) is 15.6 Å². The molecule has 1 aliphatic heterocycles. The largest absolute Gasteiger partial charge is 0.508 e. The number of phenols is 1. The zero-order valence-corrected chi connectivity index (χ0v) is 22.8. The topological polar surface area (TPSA) is 166 Å². The number of aromatic hydroxyl groups is 1. The summed E-state index contributed by atoms with van der Waals surface area (Å²) in [5.41, 5.74) is 5.04. The molecule has 7 N–H and O–H groups in total. The van der Waals surface area contributed by atoms with E-state index < -0.39 is 24.0 Å². The molecule has 11 nitrogen and oxygen atoms in total. The van der Waals surface area contributed by atoms with Gasteiger partial charge in [-0.2, -0.15) is 0 Å². The number of aliphatic hydroxyl groups is 3. The molecule has 2 aromatic carbocycles. The number of halogens is 2. The minimum Gasteiger partial charge on any atom is -0.508 e. The van der Waals surface area contributed by atoms with E-state index in [0.29, 0.717) is 38.0 Å². The fourth-order valence-electron chi connectivity index (χ4n) is 4.48. The summed E-state index contributed by atoms with van der Waals surface area (Å²) in [6.07, 6.45) is 0.266. The van der Waals surface area contributed by atoms with Gasteiger partial charge in [-0.1, -0.05) is 35.3 Å². The number of carboxylic acids is 1. The lowest BCUT2D eigenvalue weighted by Crippen LogP contribution is -2.52. The van der Waals surface area contributed by atoms with Crippen LogP contribution in [0.15, 0.2) is 30.3 Å². The SMILES string of the molecule is O=C(N[C@@H](CNN(CCO)CCO)C(=O)O)c1c(Cl)cc2c(c1Cl)CCN(CCC(O)c1cccc(O)c1)C2. The van der Waals surface area contributed by atoms with Crippen LogP contribution in [0.1, 0.15) is 39.6 Å². The van der Waals surface area contributed by atoms with Gasteiger partial charge in [-0.05, 0) is 47.7 Å². The molecule has 13 heteroatoms. The first-order valence-electron chi connectivity index (χ1n) is 12.6. The van der Waals surface area contributed by atoms with Crippen LogP contribution in [0.3, 0.4) is 0 Å². The molecule has 0 radical (unpaired) electrons. The number of phenolic OH excluding ortho intramolecular Hbond substituents is 1. The van der Waals surface area contributed by atoms with Crippen molar-refractivity contribution in [3.63, 3.8) is 0 Å². The molecular formula is C26H34Cl2N4O7. The van der Waals surface area contributed by atoms with Crippen molar-refractivity contribution < 1.29 is 35.1 Å². The van der Waals surface area contributed by atoms with Crippen molar-refractivity contribution in [3.05, 3.63) is 62.6 Å². The van der Waals surface area contributed by atoms with Crippen LogP contribution in [0, 0.1) is 0 Å². The van der Waals surface area contributed by atoms with E-state index in [9.17, 15) is 24.9 Å². The van der Waals surface area contributed by atoms with Crippen LogP contribution in [0.5, 0.6) is 5.75 Å². The summed E-state index contributed by atoms with van der Waals surface area (Å²) in [5, 5.41) is 52.1. The predicted octanol–water partition coefficient (Wildman–Crippen LogP) is 1.16. The summed E-state index contributed by atoms with van der Waals surface area (Å²) in [5.74, 6) is -1.91. The van der Waals surface area contributed by atoms with Crippen molar-refractivity contribution in [1.29, 1.82) is 0 Å². The second-order valence-electron chi connectivity index (χ2n) is 9.27. The van der Waals surface area contributed by atoms with Gasteiger partial charge in [-0.3, -0.25) is 15.1 Å². The zero-order chi connectivity index (χ0) is 28.5. The Morgan fingerprint density at radius 3 is 2.49 bits per heavy atom. The highest BCUT2D eigenvalue weighted by Gasteiger charge is 2.28. The van der Waals surface area contributed by atoms with Crippen LogP contribution >= 0.6 is 23.2 Å². The summed E-state index contributed by atoms with van der Waals surface area (Å²) in [7, 11) is 0. The minimum atomic E-state index is -1.33. The highest BCUT2D eigenvalue weighted by Crippen LogP contribution is 2.35. The van der Waals surface area contributed by atoms with Crippen LogP contribution in [0.4, 0.5) is 0 Å². The molecule has 2 aromatic rings. The van der Waals surface area contributed by atoms with Gasteiger partial charge in [0, 0.05) is 39.3 Å². The average molecular weight is 585 g/mol. The number of carboxylic acid groups (broad SMARTS) is 1. The molecule has 0 fully saturated rings. The van der Waals surface area contributed by atoms with Gasteiger partial charge in [0.05, 0.1) is 34.9 Å². The van der Waals surface area contributed by atoms with Crippen molar-refractivity contribution in [2.75, 3.05) is 45.9 Å². The number of fused-ring (bicyclic) bond motifs is 1. The van der Waals surface area contributed by atoms with Crippen LogP contribution < -0.4 is 10.7 Å². The monoisotopic (exact) mass is 584 g/mol. The van der Waals surface area contributed by atoms with Crippen LogP contribution in [-0.4, -0.2) is 99.3 Å². The maximum absolute atomic E-state index is 13.1. The number of benzene rings is 2. The Labute approximate surface area is 236 Å². The number of hydrogen-bond donors (Lipinski definition) is 7. The van der Waals surface area contributed by atoms with Gasteiger partial charge in [0.2, 0.25) is 0 Å². The third-order valence-corrected chi connectivity index (χ3v) is 7.26. The molecule has 0 saturated carbocycles. The minimum absolute atomic E-state index is 0.00124. The highest BCUT2D eigenvalue weighted by molar-refractivity contribution is 6.40. The van der Waals surface area contributed by atoms with E-state index in [-0.39, 0.29) is 54.2 Å². The van der Waals surface area contributed by atoms with Crippen molar-refractivity contribution >= 4 is 35.1 Å². The van der Waals surface area contributed by atoms with Gasteiger partial charge in [0.1, 0.15) is 11.8 Å². The number of carbonyl (C=O) groups is 2. The Bertz CT molecular complexity index is 1150. The van der Waals surface area contributed by atoms with Gasteiger partial charge in [0.25, 0.3) is 5.91 Å². The summed E-state index contributed by atoms with van der Waals surface area (Å²) in [4.78, 5) is 27.0. The number of aliphatic hydroxyl groups excluding tert-OH is 3. The fourth-order valence-corrected chi connectivity index (χ4v) is 5.24. The standard InChI is InChI=1S/C26H34Cl2N4O7/c27-20-13-17-15-31(7-5-22(36)16-2-1-3-18(35)12-16)6-4-19(17)24(28)23(20)25(37)30-21(26(38)39)14-29-32(8-10-33)9-11-34/h1-3,12-13,21-22,29,33-36H,4-11,14-15H2,(H,30,37)(H,38,39)/t21-,22?/m0/s1. The van der Waals surface area contributed by atoms with Crippen molar-refractivity contribution in [2.24, 2.45) is 0 Å². The van der Waals surface area contributed by atoms with E-state index in [1.165, 1.54) is 11.1 Å². The van der Waals surface area contributed by atoms with E-state index in [4.69, 9.17) is 33.4 Å². The Morgan fingerprint density at radius 1 is 1.13 bits per heavy atom. The van der Waals surface area contributed by atoms with Gasteiger partial charge in [-0.25, -0.2) is 9.80 Å². The summed E-state index contributed by atoms with van der Waals surface area (Å²) >= 11 is 13.1. The van der Waals surface area contributed by atoms with Crippen LogP contribution in [-0.2, 0) is 17.8 Å². The first-order valence-corrected chi connectivity index (χ1v) is 13.3. The van der Waals surface area contributed by atoms with Crippen LogP contribution in [0.25, 0.3) is 0 Å². The fraction of sp³-hybridized carbons (Fsp3) is 0.462. The Balaban J connectivity index is 1.65. The number of aliphatic carboxylic acids is 1. The zero-order valence-electron chi connectivity index (χ0n) is 21.3.